The van der Waals surface area contributed by atoms with E-state index in [1.807, 2.05) is 32.0 Å². The minimum Gasteiger partial charge on any atom is -0.481 e. The van der Waals surface area contributed by atoms with Gasteiger partial charge in [-0.1, -0.05) is 39.7 Å². The Balaban J connectivity index is 1.40. The molecule has 0 spiro atoms. The van der Waals surface area contributed by atoms with Crippen molar-refractivity contribution in [3.8, 4) is 5.75 Å². The van der Waals surface area contributed by atoms with E-state index in [9.17, 15) is 18.0 Å². The van der Waals surface area contributed by atoms with Gasteiger partial charge in [-0.25, -0.2) is 8.42 Å². The Morgan fingerprint density at radius 3 is 2.26 bits per heavy atom. The highest BCUT2D eigenvalue weighted by molar-refractivity contribution is 9.10. The van der Waals surface area contributed by atoms with Crippen molar-refractivity contribution in [3.63, 3.8) is 0 Å². The van der Waals surface area contributed by atoms with Gasteiger partial charge in [-0.05, 0) is 80.4 Å². The van der Waals surface area contributed by atoms with E-state index in [-0.39, 0.29) is 34.5 Å². The molecule has 8 nitrogen and oxygen atoms in total. The second-order valence-electron chi connectivity index (χ2n) is 9.40. The van der Waals surface area contributed by atoms with Crippen LogP contribution in [0, 0.1) is 13.8 Å². The van der Waals surface area contributed by atoms with Gasteiger partial charge in [0.05, 0.1) is 15.5 Å². The Morgan fingerprint density at radius 2 is 1.59 bits per heavy atom. The van der Waals surface area contributed by atoms with E-state index >= 15 is 0 Å². The summed E-state index contributed by atoms with van der Waals surface area (Å²) in [6.07, 6.45) is -0.678. The summed E-state index contributed by atoms with van der Waals surface area (Å²) < 4.78 is 35.2. The first-order valence-corrected chi connectivity index (χ1v) is 15.0. The Labute approximate surface area is 242 Å². The lowest BCUT2D eigenvalue weighted by Gasteiger charge is -2.36. The number of halogens is 2. The van der Waals surface area contributed by atoms with E-state index in [4.69, 9.17) is 16.3 Å². The van der Waals surface area contributed by atoms with Crippen molar-refractivity contribution in [1.29, 1.82) is 0 Å². The molecule has 1 heterocycles. The number of aryl methyl sites for hydroxylation is 2. The molecule has 1 unspecified atom stereocenters. The lowest BCUT2D eigenvalue weighted by Crippen LogP contribution is -2.53. The molecule has 1 aliphatic heterocycles. The molecule has 4 rings (SSSR count). The summed E-state index contributed by atoms with van der Waals surface area (Å²) in [7, 11) is -3.95. The highest BCUT2D eigenvalue weighted by Crippen LogP contribution is 2.25. The Morgan fingerprint density at radius 1 is 0.949 bits per heavy atom. The van der Waals surface area contributed by atoms with E-state index in [1.165, 1.54) is 18.2 Å². The molecule has 1 saturated heterocycles. The summed E-state index contributed by atoms with van der Waals surface area (Å²) in [5, 5.41) is 0.150. The standard InChI is InChI=1S/C28H29BrClN3O5S/c1-18-4-5-19(2)26(16-18)38-20(3)27(34)32-12-14-33(15-13-32)28(35)24-17-23(10-11-25(24)30)39(36,37)31-22-8-6-21(29)7-9-22/h4-11,16-17,20,31H,12-15H2,1-3H3. The molecular weight excluding hydrogens is 606 g/mol. The minimum absolute atomic E-state index is 0.0793. The van der Waals surface area contributed by atoms with Crippen molar-refractivity contribution in [2.75, 3.05) is 30.9 Å². The van der Waals surface area contributed by atoms with Gasteiger partial charge in [0.25, 0.3) is 21.8 Å². The number of amides is 2. The Kier molecular flexibility index (Phi) is 8.88. The molecular formula is C28H29BrClN3O5S. The highest BCUT2D eigenvalue weighted by atomic mass is 79.9. The van der Waals surface area contributed by atoms with E-state index in [0.717, 1.165) is 15.6 Å². The lowest BCUT2D eigenvalue weighted by atomic mass is 10.1. The predicted molar refractivity (Wildman–Crippen MR) is 155 cm³/mol. The topological polar surface area (TPSA) is 96.0 Å². The van der Waals surface area contributed by atoms with Crippen LogP contribution in [-0.2, 0) is 14.8 Å². The minimum atomic E-state index is -3.95. The van der Waals surface area contributed by atoms with Crippen molar-refractivity contribution >= 4 is 55.1 Å². The van der Waals surface area contributed by atoms with Crippen LogP contribution in [0.3, 0.4) is 0 Å². The number of carbonyl (C=O) groups excluding carboxylic acids is 2. The van der Waals surface area contributed by atoms with Gasteiger partial charge in [0.2, 0.25) is 0 Å². The Bertz CT molecular complexity index is 1490. The van der Waals surface area contributed by atoms with Crippen LogP contribution in [0.1, 0.15) is 28.4 Å². The zero-order valence-corrected chi connectivity index (χ0v) is 24.9. The molecule has 1 aliphatic rings. The molecule has 1 atom stereocenters. The maximum atomic E-state index is 13.3. The number of nitrogens with zero attached hydrogens (tertiary/aromatic N) is 2. The summed E-state index contributed by atoms with van der Waals surface area (Å²) in [6.45, 7) is 6.83. The van der Waals surface area contributed by atoms with Crippen LogP contribution in [0.25, 0.3) is 0 Å². The molecule has 0 aliphatic carbocycles. The average Bonchev–Trinajstić information content (AvgIpc) is 2.91. The number of hydrogen-bond donors (Lipinski definition) is 1. The number of carbonyl (C=O) groups is 2. The third-order valence-corrected chi connectivity index (χ3v) is 8.69. The third-order valence-electron chi connectivity index (χ3n) is 6.45. The van der Waals surface area contributed by atoms with Crippen LogP contribution in [0.5, 0.6) is 5.75 Å². The van der Waals surface area contributed by atoms with Gasteiger partial charge in [0.15, 0.2) is 6.10 Å². The van der Waals surface area contributed by atoms with E-state index in [1.54, 1.807) is 41.0 Å². The van der Waals surface area contributed by atoms with Crippen LogP contribution in [0.2, 0.25) is 5.02 Å². The van der Waals surface area contributed by atoms with Crippen LogP contribution in [0.15, 0.2) is 70.0 Å². The van der Waals surface area contributed by atoms with Gasteiger partial charge >= 0.3 is 0 Å². The van der Waals surface area contributed by atoms with Crippen molar-refractivity contribution in [2.24, 2.45) is 0 Å². The fourth-order valence-corrected chi connectivity index (χ4v) is 5.75. The first-order chi connectivity index (χ1) is 18.4. The summed E-state index contributed by atoms with van der Waals surface area (Å²) in [5.41, 5.74) is 2.46. The first-order valence-electron chi connectivity index (χ1n) is 12.3. The summed E-state index contributed by atoms with van der Waals surface area (Å²) in [5.74, 6) is 0.115. The van der Waals surface area contributed by atoms with Gasteiger partial charge < -0.3 is 14.5 Å². The first kappa shape index (κ1) is 28.9. The number of rotatable bonds is 7. The quantitative estimate of drug-likeness (QED) is 0.382. The molecule has 1 N–H and O–H groups in total. The normalized spacial score (nSPS) is 14.6. The van der Waals surface area contributed by atoms with Crippen molar-refractivity contribution in [1.82, 2.24) is 9.80 Å². The van der Waals surface area contributed by atoms with Gasteiger partial charge in [-0.15, -0.1) is 0 Å². The van der Waals surface area contributed by atoms with E-state index < -0.39 is 22.0 Å². The summed E-state index contributed by atoms with van der Waals surface area (Å²) in [4.78, 5) is 29.5. The zero-order chi connectivity index (χ0) is 28.3. The summed E-state index contributed by atoms with van der Waals surface area (Å²) >= 11 is 9.63. The monoisotopic (exact) mass is 633 g/mol. The highest BCUT2D eigenvalue weighted by Gasteiger charge is 2.30. The Hall–Kier alpha value is -3.08. The fourth-order valence-electron chi connectivity index (χ4n) is 4.20. The average molecular weight is 635 g/mol. The molecule has 0 saturated carbocycles. The second-order valence-corrected chi connectivity index (χ2v) is 12.4. The van der Waals surface area contributed by atoms with Gasteiger partial charge in [-0.2, -0.15) is 0 Å². The molecule has 3 aromatic rings. The van der Waals surface area contributed by atoms with E-state index in [2.05, 4.69) is 20.7 Å². The molecule has 0 aromatic heterocycles. The third kappa shape index (κ3) is 6.93. The molecule has 0 bridgehead atoms. The number of sulfonamides is 1. The molecule has 1 fully saturated rings. The number of nitrogens with one attached hydrogen (secondary N) is 1. The smallest absolute Gasteiger partial charge is 0.263 e. The zero-order valence-electron chi connectivity index (χ0n) is 21.8. The van der Waals surface area contributed by atoms with Gasteiger partial charge in [0, 0.05) is 36.3 Å². The maximum absolute atomic E-state index is 13.3. The van der Waals surface area contributed by atoms with Crippen LogP contribution in [-0.4, -0.2) is 62.3 Å². The molecule has 206 valence electrons. The number of piperazine rings is 1. The molecule has 11 heteroatoms. The predicted octanol–water partition coefficient (Wildman–Crippen LogP) is 5.27. The molecule has 39 heavy (non-hydrogen) atoms. The number of benzene rings is 3. The largest absolute Gasteiger partial charge is 0.481 e. The molecule has 0 radical (unpaired) electrons. The van der Waals surface area contributed by atoms with Gasteiger partial charge in [-0.3, -0.25) is 14.3 Å². The van der Waals surface area contributed by atoms with Gasteiger partial charge in [0.1, 0.15) is 5.75 Å². The number of ether oxygens (including phenoxy) is 1. The summed E-state index contributed by atoms with van der Waals surface area (Å²) in [6, 6.07) is 16.6. The van der Waals surface area contributed by atoms with Crippen molar-refractivity contribution in [2.45, 2.75) is 31.8 Å². The number of hydrogen-bond acceptors (Lipinski definition) is 5. The molecule has 2 amide bonds. The maximum Gasteiger partial charge on any atom is 0.263 e. The lowest BCUT2D eigenvalue weighted by molar-refractivity contribution is -0.139. The van der Waals surface area contributed by atoms with Crippen molar-refractivity contribution < 1.29 is 22.7 Å². The van der Waals surface area contributed by atoms with Crippen LogP contribution >= 0.6 is 27.5 Å². The van der Waals surface area contributed by atoms with Crippen molar-refractivity contribution in [3.05, 3.63) is 86.8 Å². The van der Waals surface area contributed by atoms with E-state index in [0.29, 0.717) is 24.5 Å². The van der Waals surface area contributed by atoms with Crippen LogP contribution in [0.4, 0.5) is 5.69 Å². The SMILES string of the molecule is Cc1ccc(C)c(OC(C)C(=O)N2CCN(C(=O)c3cc(S(=O)(=O)Nc4ccc(Br)cc4)ccc3Cl)CC2)c1. The van der Waals surface area contributed by atoms with Crippen LogP contribution < -0.4 is 9.46 Å². The fraction of sp³-hybridized carbons (Fsp3) is 0.286. The second kappa shape index (κ2) is 12.0. The number of anilines is 1. The molecule has 3 aromatic carbocycles.